The molecule has 21 heavy (non-hydrogen) atoms. The van der Waals surface area contributed by atoms with Crippen LogP contribution in [0.1, 0.15) is 26.2 Å². The van der Waals surface area contributed by atoms with Gasteiger partial charge in [0.05, 0.1) is 5.92 Å². The van der Waals surface area contributed by atoms with Gasteiger partial charge in [-0.25, -0.2) is 4.79 Å². The molecule has 0 radical (unpaired) electrons. The van der Waals surface area contributed by atoms with E-state index in [9.17, 15) is 14.4 Å². The Morgan fingerprint density at radius 3 is 2.86 bits per heavy atom. The fourth-order valence-corrected chi connectivity index (χ4v) is 3.09. The molecule has 7 heteroatoms. The average molecular weight is 297 g/mol. The fourth-order valence-electron chi connectivity index (χ4n) is 3.09. The average Bonchev–Trinajstić information content (AvgIpc) is 2.45. The summed E-state index contributed by atoms with van der Waals surface area (Å²) in [5.41, 5.74) is 0. The van der Waals surface area contributed by atoms with Crippen LogP contribution in [0.5, 0.6) is 0 Å². The van der Waals surface area contributed by atoms with E-state index in [2.05, 4.69) is 5.32 Å². The second-order valence-corrected chi connectivity index (χ2v) is 6.11. The molecule has 0 bridgehead atoms. The number of urea groups is 1. The fraction of sp³-hybridized carbons (Fsp3) is 0.786. The quantitative estimate of drug-likeness (QED) is 0.787. The molecule has 118 valence electrons. The van der Waals surface area contributed by atoms with Crippen molar-refractivity contribution in [3.63, 3.8) is 0 Å². The molecule has 7 nitrogen and oxygen atoms in total. The van der Waals surface area contributed by atoms with Gasteiger partial charge in [-0.1, -0.05) is 6.92 Å². The van der Waals surface area contributed by atoms with Gasteiger partial charge in [0.2, 0.25) is 5.91 Å². The van der Waals surface area contributed by atoms with Crippen molar-refractivity contribution in [2.75, 3.05) is 26.7 Å². The number of carbonyl (C=O) groups excluding carboxylic acids is 2. The number of hydrogen-bond acceptors (Lipinski definition) is 3. The van der Waals surface area contributed by atoms with Crippen molar-refractivity contribution in [2.45, 2.75) is 32.2 Å². The van der Waals surface area contributed by atoms with E-state index in [-0.39, 0.29) is 24.5 Å². The van der Waals surface area contributed by atoms with Crippen LogP contribution in [0.25, 0.3) is 0 Å². The van der Waals surface area contributed by atoms with Crippen molar-refractivity contribution in [1.82, 2.24) is 15.1 Å². The maximum Gasteiger partial charge on any atom is 0.319 e. The summed E-state index contributed by atoms with van der Waals surface area (Å²) in [5.74, 6) is -1.07. The Labute approximate surface area is 124 Å². The maximum absolute atomic E-state index is 12.4. The van der Waals surface area contributed by atoms with E-state index in [1.54, 1.807) is 18.9 Å². The van der Waals surface area contributed by atoms with Crippen LogP contribution in [-0.4, -0.2) is 65.5 Å². The number of nitrogens with one attached hydrogen (secondary N) is 1. The Bertz CT molecular complexity index is 440. The predicted molar refractivity (Wildman–Crippen MR) is 75.7 cm³/mol. The molecule has 3 atom stereocenters. The molecule has 0 spiro atoms. The number of aliphatic carboxylic acids is 1. The lowest BCUT2D eigenvalue weighted by molar-refractivity contribution is -0.141. The summed E-state index contributed by atoms with van der Waals surface area (Å²) >= 11 is 0. The maximum atomic E-state index is 12.4. The Morgan fingerprint density at radius 2 is 2.19 bits per heavy atom. The summed E-state index contributed by atoms with van der Waals surface area (Å²) < 4.78 is 0. The minimum absolute atomic E-state index is 0.100. The highest BCUT2D eigenvalue weighted by molar-refractivity contribution is 5.78. The highest BCUT2D eigenvalue weighted by Gasteiger charge is 2.36. The molecule has 0 aromatic carbocycles. The van der Waals surface area contributed by atoms with Gasteiger partial charge >= 0.3 is 12.0 Å². The van der Waals surface area contributed by atoms with E-state index >= 15 is 0 Å². The van der Waals surface area contributed by atoms with Gasteiger partial charge in [-0.3, -0.25) is 9.59 Å². The highest BCUT2D eigenvalue weighted by atomic mass is 16.4. The second kappa shape index (κ2) is 6.32. The van der Waals surface area contributed by atoms with Crippen LogP contribution >= 0.6 is 0 Å². The SMILES string of the molecule is CC(CN(C)C(=O)N1CCC2NC(=O)CCC2C1)C(=O)O. The predicted octanol–water partition coefficient (Wildman–Crippen LogP) is 0.359. The first-order valence-electron chi connectivity index (χ1n) is 7.40. The van der Waals surface area contributed by atoms with Crippen molar-refractivity contribution in [1.29, 1.82) is 0 Å². The molecule has 3 amide bonds. The van der Waals surface area contributed by atoms with Gasteiger partial charge in [0.25, 0.3) is 0 Å². The normalized spacial score (nSPS) is 26.6. The minimum Gasteiger partial charge on any atom is -0.481 e. The number of amides is 3. The van der Waals surface area contributed by atoms with E-state index in [0.29, 0.717) is 25.4 Å². The lowest BCUT2D eigenvalue weighted by atomic mass is 9.85. The topological polar surface area (TPSA) is 90.0 Å². The van der Waals surface area contributed by atoms with Crippen LogP contribution in [0, 0.1) is 11.8 Å². The largest absolute Gasteiger partial charge is 0.481 e. The van der Waals surface area contributed by atoms with E-state index in [1.807, 2.05) is 0 Å². The second-order valence-electron chi connectivity index (χ2n) is 6.11. The van der Waals surface area contributed by atoms with Gasteiger partial charge in [0, 0.05) is 39.1 Å². The number of rotatable bonds is 3. The molecule has 0 aromatic rings. The molecule has 2 fully saturated rings. The van der Waals surface area contributed by atoms with Gasteiger partial charge in [0.1, 0.15) is 0 Å². The van der Waals surface area contributed by atoms with Crippen molar-refractivity contribution in [3.05, 3.63) is 0 Å². The number of likely N-dealkylation sites (tertiary alicyclic amines) is 1. The minimum atomic E-state index is -0.900. The van der Waals surface area contributed by atoms with E-state index < -0.39 is 11.9 Å². The highest BCUT2D eigenvalue weighted by Crippen LogP contribution is 2.25. The number of nitrogens with zero attached hydrogens (tertiary/aromatic N) is 2. The standard InChI is InChI=1S/C14H23N3O4/c1-9(13(19)20)7-16(2)14(21)17-6-5-11-10(8-17)3-4-12(18)15-11/h9-11H,3-8H2,1-2H3,(H,15,18)(H,19,20). The molecule has 0 aromatic heterocycles. The Hall–Kier alpha value is -1.79. The molecule has 0 aliphatic carbocycles. The lowest BCUT2D eigenvalue weighted by Crippen LogP contribution is -2.57. The van der Waals surface area contributed by atoms with Crippen LogP contribution in [0.2, 0.25) is 0 Å². The summed E-state index contributed by atoms with van der Waals surface area (Å²) in [5, 5.41) is 11.9. The van der Waals surface area contributed by atoms with E-state index in [4.69, 9.17) is 5.11 Å². The van der Waals surface area contributed by atoms with Gasteiger partial charge in [-0.15, -0.1) is 0 Å². The zero-order valence-corrected chi connectivity index (χ0v) is 12.5. The molecule has 0 saturated carbocycles. The third-order valence-corrected chi connectivity index (χ3v) is 4.39. The van der Waals surface area contributed by atoms with Crippen LogP contribution in [0.4, 0.5) is 4.79 Å². The first-order valence-corrected chi connectivity index (χ1v) is 7.40. The van der Waals surface area contributed by atoms with Gasteiger partial charge in [0.15, 0.2) is 0 Å². The Morgan fingerprint density at radius 1 is 1.48 bits per heavy atom. The van der Waals surface area contributed by atoms with Crippen molar-refractivity contribution in [3.8, 4) is 0 Å². The number of carbonyl (C=O) groups is 3. The van der Waals surface area contributed by atoms with Gasteiger partial charge in [-0.2, -0.15) is 0 Å². The van der Waals surface area contributed by atoms with Crippen molar-refractivity contribution < 1.29 is 19.5 Å². The Balaban J connectivity index is 1.89. The lowest BCUT2D eigenvalue weighted by Gasteiger charge is -2.42. The van der Waals surface area contributed by atoms with Crippen LogP contribution in [0.15, 0.2) is 0 Å². The third-order valence-electron chi connectivity index (χ3n) is 4.39. The monoisotopic (exact) mass is 297 g/mol. The van der Waals surface area contributed by atoms with E-state index in [1.165, 1.54) is 4.90 Å². The van der Waals surface area contributed by atoms with E-state index in [0.717, 1.165) is 12.8 Å². The van der Waals surface area contributed by atoms with Crippen LogP contribution in [0.3, 0.4) is 0 Å². The summed E-state index contributed by atoms with van der Waals surface area (Å²) in [4.78, 5) is 37.8. The first-order chi connectivity index (χ1) is 9.88. The third kappa shape index (κ3) is 3.65. The molecule has 2 rings (SSSR count). The first kappa shape index (κ1) is 15.6. The van der Waals surface area contributed by atoms with Gasteiger partial charge < -0.3 is 20.2 Å². The smallest absolute Gasteiger partial charge is 0.319 e. The summed E-state index contributed by atoms with van der Waals surface area (Å²) in [6.07, 6.45) is 2.11. The molecule has 2 heterocycles. The number of carboxylic acid groups (broad SMARTS) is 1. The molecule has 2 saturated heterocycles. The zero-order valence-electron chi connectivity index (χ0n) is 12.5. The van der Waals surface area contributed by atoms with Gasteiger partial charge in [-0.05, 0) is 18.8 Å². The van der Waals surface area contributed by atoms with Crippen molar-refractivity contribution >= 4 is 17.9 Å². The molecular formula is C14H23N3O4. The molecule has 2 aliphatic heterocycles. The number of carboxylic acids is 1. The summed E-state index contributed by atoms with van der Waals surface area (Å²) in [6.45, 7) is 3.03. The van der Waals surface area contributed by atoms with Crippen LogP contribution in [-0.2, 0) is 9.59 Å². The number of hydrogen-bond donors (Lipinski definition) is 2. The summed E-state index contributed by atoms with van der Waals surface area (Å²) in [6, 6.07) is 0.0528. The Kier molecular flexibility index (Phi) is 4.69. The van der Waals surface area contributed by atoms with Crippen molar-refractivity contribution in [2.24, 2.45) is 11.8 Å². The summed E-state index contributed by atoms with van der Waals surface area (Å²) in [7, 11) is 1.64. The number of piperidine rings is 2. The number of fused-ring (bicyclic) bond motifs is 1. The molecular weight excluding hydrogens is 274 g/mol. The molecule has 3 unspecified atom stereocenters. The zero-order chi connectivity index (χ0) is 15.6. The molecule has 2 N–H and O–H groups in total. The molecule has 2 aliphatic rings. The van der Waals surface area contributed by atoms with Crippen LogP contribution < -0.4 is 5.32 Å².